The fraction of sp³-hybridized carbons (Fsp3) is 0.538. The van der Waals surface area contributed by atoms with Gasteiger partial charge in [0.1, 0.15) is 0 Å². The molecule has 1 rings (SSSR count). The third-order valence-electron chi connectivity index (χ3n) is 2.70. The number of hydrogen-bond acceptors (Lipinski definition) is 3. The molecule has 0 fully saturated rings. The Kier molecular flexibility index (Phi) is 5.46. The summed E-state index contributed by atoms with van der Waals surface area (Å²) < 4.78 is 5.69. The van der Waals surface area contributed by atoms with Crippen LogP contribution in [0.5, 0.6) is 0 Å². The maximum atomic E-state index is 8.72. The Balaban J connectivity index is 2.78. The van der Waals surface area contributed by atoms with Gasteiger partial charge in [0.15, 0.2) is 0 Å². The molecule has 0 saturated heterocycles. The first-order chi connectivity index (χ1) is 7.70. The van der Waals surface area contributed by atoms with Crippen LogP contribution in [0.4, 0.5) is 0 Å². The minimum atomic E-state index is -0.0623. The van der Waals surface area contributed by atoms with Crippen LogP contribution in [-0.4, -0.2) is 24.9 Å². The van der Waals surface area contributed by atoms with Crippen LogP contribution in [0.15, 0.2) is 18.2 Å². The second-order valence-corrected chi connectivity index (χ2v) is 3.98. The van der Waals surface area contributed by atoms with Crippen LogP contribution in [-0.2, 0) is 4.74 Å². The number of aliphatic hydroxyl groups is 1. The zero-order chi connectivity index (χ0) is 12.0. The molecule has 1 aromatic carbocycles. The molecule has 3 N–H and O–H groups in total. The summed E-state index contributed by atoms with van der Waals surface area (Å²) in [5.74, 6) is 0. The molecule has 0 heterocycles. The number of aliphatic hydroxyl groups excluding tert-OH is 1. The van der Waals surface area contributed by atoms with Gasteiger partial charge in [-0.2, -0.15) is 0 Å². The van der Waals surface area contributed by atoms with Crippen LogP contribution in [0.3, 0.4) is 0 Å². The average molecular weight is 223 g/mol. The smallest absolute Gasteiger partial charge is 0.0952 e. The Bertz CT molecular complexity index is 305. The quantitative estimate of drug-likeness (QED) is 0.722. The predicted molar refractivity (Wildman–Crippen MR) is 65.4 cm³/mol. The molecule has 0 aromatic heterocycles. The van der Waals surface area contributed by atoms with Crippen molar-refractivity contribution in [3.05, 3.63) is 34.9 Å². The Morgan fingerprint density at radius 2 is 1.94 bits per heavy atom. The summed E-state index contributed by atoms with van der Waals surface area (Å²) >= 11 is 0. The van der Waals surface area contributed by atoms with Crippen molar-refractivity contribution in [1.82, 2.24) is 0 Å². The summed E-state index contributed by atoms with van der Waals surface area (Å²) in [5.41, 5.74) is 9.34. The van der Waals surface area contributed by atoms with Gasteiger partial charge in [0.25, 0.3) is 0 Å². The van der Waals surface area contributed by atoms with Gasteiger partial charge >= 0.3 is 0 Å². The van der Waals surface area contributed by atoms with Crippen LogP contribution >= 0.6 is 0 Å². The number of ether oxygens (including phenoxy) is 1. The molecule has 3 heteroatoms. The van der Waals surface area contributed by atoms with E-state index in [0.717, 1.165) is 0 Å². The molecule has 0 aliphatic heterocycles. The first kappa shape index (κ1) is 13.2. The highest BCUT2D eigenvalue weighted by Gasteiger charge is 2.14. The highest BCUT2D eigenvalue weighted by Crippen LogP contribution is 2.24. The lowest BCUT2D eigenvalue weighted by Crippen LogP contribution is -2.18. The van der Waals surface area contributed by atoms with E-state index >= 15 is 0 Å². The van der Waals surface area contributed by atoms with E-state index in [9.17, 15) is 0 Å². The number of nitrogens with two attached hydrogens (primary N) is 1. The molecule has 0 saturated carbocycles. The van der Waals surface area contributed by atoms with E-state index in [2.05, 4.69) is 26.0 Å². The second-order valence-electron chi connectivity index (χ2n) is 3.98. The third-order valence-corrected chi connectivity index (χ3v) is 2.70. The molecule has 1 aromatic rings. The Morgan fingerprint density at radius 3 is 2.44 bits per heavy atom. The molecule has 1 unspecified atom stereocenters. The molecule has 0 radical (unpaired) electrons. The molecular formula is C13H21NO2. The Hall–Kier alpha value is -0.900. The van der Waals surface area contributed by atoms with Crippen LogP contribution in [0.2, 0.25) is 0 Å². The van der Waals surface area contributed by atoms with Gasteiger partial charge in [-0.05, 0) is 37.0 Å². The maximum absolute atomic E-state index is 8.72. The minimum Gasteiger partial charge on any atom is -0.396 e. The first-order valence-corrected chi connectivity index (χ1v) is 5.69. The lowest BCUT2D eigenvalue weighted by atomic mass is 9.98. The van der Waals surface area contributed by atoms with E-state index in [1.807, 2.05) is 6.07 Å². The average Bonchev–Trinajstić information content (AvgIpc) is 2.26. The monoisotopic (exact) mass is 223 g/mol. The van der Waals surface area contributed by atoms with Crippen LogP contribution < -0.4 is 5.73 Å². The van der Waals surface area contributed by atoms with Crippen molar-refractivity contribution in [2.75, 3.05) is 19.8 Å². The molecule has 16 heavy (non-hydrogen) atoms. The van der Waals surface area contributed by atoms with Crippen molar-refractivity contribution in [1.29, 1.82) is 0 Å². The highest BCUT2D eigenvalue weighted by atomic mass is 16.5. The SMILES string of the molecule is Cc1cccc(C)c1C(CN)OCCCO. The van der Waals surface area contributed by atoms with E-state index < -0.39 is 0 Å². The topological polar surface area (TPSA) is 55.5 Å². The van der Waals surface area contributed by atoms with Gasteiger partial charge in [0.05, 0.1) is 6.10 Å². The first-order valence-electron chi connectivity index (χ1n) is 5.69. The van der Waals surface area contributed by atoms with Gasteiger partial charge in [-0.1, -0.05) is 18.2 Å². The zero-order valence-corrected chi connectivity index (χ0v) is 10.1. The number of rotatable bonds is 6. The van der Waals surface area contributed by atoms with Crippen LogP contribution in [0.1, 0.15) is 29.2 Å². The summed E-state index contributed by atoms with van der Waals surface area (Å²) in [7, 11) is 0. The van der Waals surface area contributed by atoms with Gasteiger partial charge in [0, 0.05) is 19.8 Å². The molecular weight excluding hydrogens is 202 g/mol. The fourth-order valence-electron chi connectivity index (χ4n) is 1.89. The summed E-state index contributed by atoms with van der Waals surface area (Å²) in [6.45, 7) is 5.31. The molecule has 0 aliphatic carbocycles. The van der Waals surface area contributed by atoms with Crippen molar-refractivity contribution >= 4 is 0 Å². The normalized spacial score (nSPS) is 12.8. The van der Waals surface area contributed by atoms with Gasteiger partial charge in [-0.3, -0.25) is 0 Å². The van der Waals surface area contributed by atoms with E-state index in [4.69, 9.17) is 15.6 Å². The summed E-state index contributed by atoms with van der Waals surface area (Å²) in [4.78, 5) is 0. The van der Waals surface area contributed by atoms with Crippen LogP contribution in [0.25, 0.3) is 0 Å². The van der Waals surface area contributed by atoms with Gasteiger partial charge in [-0.25, -0.2) is 0 Å². The van der Waals surface area contributed by atoms with E-state index in [1.165, 1.54) is 16.7 Å². The standard InChI is InChI=1S/C13H21NO2/c1-10-5-3-6-11(2)13(10)12(9-14)16-8-4-7-15/h3,5-6,12,15H,4,7-9,14H2,1-2H3. The lowest BCUT2D eigenvalue weighted by molar-refractivity contribution is 0.0481. The van der Waals surface area contributed by atoms with Crippen LogP contribution in [0, 0.1) is 13.8 Å². The zero-order valence-electron chi connectivity index (χ0n) is 10.1. The number of hydrogen-bond donors (Lipinski definition) is 2. The summed E-state index contributed by atoms with van der Waals surface area (Å²) in [6, 6.07) is 6.18. The van der Waals surface area contributed by atoms with Crippen molar-refractivity contribution in [3.63, 3.8) is 0 Å². The van der Waals surface area contributed by atoms with Crippen molar-refractivity contribution in [2.45, 2.75) is 26.4 Å². The maximum Gasteiger partial charge on any atom is 0.0952 e. The molecule has 0 bridgehead atoms. The minimum absolute atomic E-state index is 0.0623. The Labute approximate surface area is 97.2 Å². The molecule has 1 atom stereocenters. The third kappa shape index (κ3) is 3.30. The van der Waals surface area contributed by atoms with Crippen molar-refractivity contribution < 1.29 is 9.84 Å². The molecule has 0 spiro atoms. The van der Waals surface area contributed by atoms with E-state index in [1.54, 1.807) is 0 Å². The lowest BCUT2D eigenvalue weighted by Gasteiger charge is -2.20. The largest absolute Gasteiger partial charge is 0.396 e. The highest BCUT2D eigenvalue weighted by molar-refractivity contribution is 5.35. The summed E-state index contributed by atoms with van der Waals surface area (Å²) in [6.07, 6.45) is 0.592. The molecule has 0 aliphatic rings. The van der Waals surface area contributed by atoms with Crippen molar-refractivity contribution in [2.24, 2.45) is 5.73 Å². The van der Waals surface area contributed by atoms with E-state index in [-0.39, 0.29) is 12.7 Å². The molecule has 3 nitrogen and oxygen atoms in total. The molecule has 0 amide bonds. The van der Waals surface area contributed by atoms with Gasteiger partial charge in [0.2, 0.25) is 0 Å². The van der Waals surface area contributed by atoms with Gasteiger partial charge in [-0.15, -0.1) is 0 Å². The van der Waals surface area contributed by atoms with E-state index in [0.29, 0.717) is 19.6 Å². The van der Waals surface area contributed by atoms with Crippen molar-refractivity contribution in [3.8, 4) is 0 Å². The molecule has 90 valence electrons. The second kappa shape index (κ2) is 6.63. The fourth-order valence-corrected chi connectivity index (χ4v) is 1.89. The van der Waals surface area contributed by atoms with Gasteiger partial charge < -0.3 is 15.6 Å². The summed E-state index contributed by atoms with van der Waals surface area (Å²) in [5, 5.41) is 8.72. The predicted octanol–water partition coefficient (Wildman–Crippen LogP) is 1.70. The number of benzene rings is 1. The Morgan fingerprint density at radius 1 is 1.31 bits per heavy atom. The number of aryl methyl sites for hydroxylation is 2.